The Balaban J connectivity index is 1.15. The quantitative estimate of drug-likeness (QED) is 0.0906. The zero-order valence-corrected chi connectivity index (χ0v) is 28.2. The van der Waals surface area contributed by atoms with Crippen LogP contribution in [0.15, 0.2) is 42.5 Å². The Morgan fingerprint density at radius 3 is 2.45 bits per heavy atom. The van der Waals surface area contributed by atoms with Gasteiger partial charge in [0.2, 0.25) is 12.5 Å². The zero-order chi connectivity index (χ0) is 34.3. The number of benzene rings is 2. The van der Waals surface area contributed by atoms with Gasteiger partial charge in [-0.2, -0.15) is 0 Å². The smallest absolute Gasteiger partial charge is 0.314 e. The van der Waals surface area contributed by atoms with Gasteiger partial charge in [-0.05, 0) is 72.7 Å². The molecule has 49 heavy (non-hydrogen) atoms. The first-order valence-electron chi connectivity index (χ1n) is 16.5. The number of aromatic nitrogens is 4. The van der Waals surface area contributed by atoms with E-state index in [1.807, 2.05) is 12.1 Å². The van der Waals surface area contributed by atoms with E-state index < -0.39 is 17.8 Å². The number of methoxy groups -OCH3 is 3. The molecule has 6 rings (SSSR count). The van der Waals surface area contributed by atoms with Gasteiger partial charge in [0.25, 0.3) is 0 Å². The maximum absolute atomic E-state index is 13.9. The van der Waals surface area contributed by atoms with Gasteiger partial charge < -0.3 is 38.3 Å². The number of hydrogen-bond acceptors (Lipinski definition) is 12. The van der Waals surface area contributed by atoms with Crippen molar-refractivity contribution in [1.29, 1.82) is 0 Å². The number of esters is 1. The first-order valence-corrected chi connectivity index (χ1v) is 16.5. The molecule has 4 aromatic rings. The summed E-state index contributed by atoms with van der Waals surface area (Å²) in [5.74, 6) is 1.20. The van der Waals surface area contributed by atoms with E-state index in [1.54, 1.807) is 24.5 Å². The van der Waals surface area contributed by atoms with Crippen LogP contribution in [0.25, 0.3) is 17.2 Å². The fourth-order valence-corrected chi connectivity index (χ4v) is 6.49. The van der Waals surface area contributed by atoms with Gasteiger partial charge in [0.05, 0.1) is 40.2 Å². The van der Waals surface area contributed by atoms with Crippen molar-refractivity contribution in [2.24, 2.45) is 5.92 Å². The number of aryl methyl sites for hydroxylation is 1. The summed E-state index contributed by atoms with van der Waals surface area (Å²) in [5, 5.41) is 3.36. The molecule has 0 unspecified atom stereocenters. The van der Waals surface area contributed by atoms with Crippen molar-refractivity contribution in [3.63, 3.8) is 0 Å². The van der Waals surface area contributed by atoms with Crippen LogP contribution < -0.4 is 29.0 Å². The van der Waals surface area contributed by atoms with Gasteiger partial charge in [-0.3, -0.25) is 9.59 Å². The number of nitrogens with zero attached hydrogens (tertiary/aromatic N) is 4. The molecule has 0 amide bonds. The summed E-state index contributed by atoms with van der Waals surface area (Å²) in [6, 6.07) is 7.29. The van der Waals surface area contributed by atoms with E-state index in [4.69, 9.17) is 28.4 Å². The summed E-state index contributed by atoms with van der Waals surface area (Å²) < 4.78 is 36.1. The number of ether oxygens (including phenoxy) is 6. The molecule has 0 bridgehead atoms. The van der Waals surface area contributed by atoms with Crippen LogP contribution in [0.4, 0.5) is 5.82 Å². The number of imidazole rings is 1. The predicted molar refractivity (Wildman–Crippen MR) is 182 cm³/mol. The lowest BCUT2D eigenvalue weighted by atomic mass is 9.71. The molecule has 1 aliphatic carbocycles. The minimum atomic E-state index is -0.916. The highest BCUT2D eigenvalue weighted by atomic mass is 16.7. The lowest BCUT2D eigenvalue weighted by Crippen LogP contribution is -2.31. The van der Waals surface area contributed by atoms with Crippen LogP contribution in [-0.4, -0.2) is 73.0 Å². The minimum absolute atomic E-state index is 0.0906. The van der Waals surface area contributed by atoms with Gasteiger partial charge in [0, 0.05) is 24.6 Å². The van der Waals surface area contributed by atoms with Crippen molar-refractivity contribution in [2.75, 3.05) is 46.6 Å². The number of rotatable bonds is 16. The normalized spacial score (nSPS) is 16.1. The van der Waals surface area contributed by atoms with Crippen LogP contribution in [0.3, 0.4) is 0 Å². The Bertz CT molecular complexity index is 1830. The van der Waals surface area contributed by atoms with E-state index in [0.717, 1.165) is 67.5 Å². The lowest BCUT2D eigenvalue weighted by Gasteiger charge is -2.32. The predicted octanol–water partition coefficient (Wildman–Crippen LogP) is 5.55. The number of carbonyl (C=O) groups is 2. The van der Waals surface area contributed by atoms with Crippen LogP contribution >= 0.6 is 0 Å². The molecule has 2 atom stereocenters. The van der Waals surface area contributed by atoms with Gasteiger partial charge in [0.15, 0.2) is 34.5 Å². The highest BCUT2D eigenvalue weighted by Crippen LogP contribution is 2.50. The lowest BCUT2D eigenvalue weighted by molar-refractivity contribution is -0.148. The number of unbranched alkanes of at least 4 members (excludes halogenated alkanes) is 3. The maximum Gasteiger partial charge on any atom is 0.314 e. The molecule has 1 N–H and O–H groups in total. The van der Waals surface area contributed by atoms with Gasteiger partial charge in [-0.15, -0.1) is 0 Å². The number of anilines is 1. The second-order valence-corrected chi connectivity index (χ2v) is 11.9. The van der Waals surface area contributed by atoms with E-state index in [0.29, 0.717) is 52.0 Å². The summed E-state index contributed by atoms with van der Waals surface area (Å²) in [7, 11) is 4.59. The van der Waals surface area contributed by atoms with Crippen molar-refractivity contribution < 1.29 is 38.0 Å². The molecular weight excluding hydrogens is 630 g/mol. The van der Waals surface area contributed by atoms with Gasteiger partial charge in [-0.25, -0.2) is 15.0 Å². The molecule has 1 aliphatic heterocycles. The first-order chi connectivity index (χ1) is 24.0. The van der Waals surface area contributed by atoms with Crippen molar-refractivity contribution in [3.05, 3.63) is 59.2 Å². The van der Waals surface area contributed by atoms with Crippen LogP contribution in [0.2, 0.25) is 0 Å². The molecule has 3 heterocycles. The fraction of sp³-hybridized carbons (Fsp3) is 0.417. The maximum atomic E-state index is 13.9. The molecule has 0 saturated heterocycles. The van der Waals surface area contributed by atoms with E-state index in [1.165, 1.54) is 27.7 Å². The number of fused-ring (bicyclic) bond motifs is 3. The Hall–Kier alpha value is -5.33. The third-order valence-corrected chi connectivity index (χ3v) is 8.85. The molecule has 2 aliphatic rings. The van der Waals surface area contributed by atoms with E-state index >= 15 is 0 Å². The summed E-state index contributed by atoms with van der Waals surface area (Å²) in [6.07, 6.45) is 10.1. The van der Waals surface area contributed by atoms with Crippen molar-refractivity contribution in [2.45, 2.75) is 51.5 Å². The fourth-order valence-electron chi connectivity index (χ4n) is 6.49. The molecule has 13 nitrogen and oxygen atoms in total. The zero-order valence-electron chi connectivity index (χ0n) is 28.2. The Labute approximate surface area is 284 Å². The summed E-state index contributed by atoms with van der Waals surface area (Å²) >= 11 is 0. The largest absolute Gasteiger partial charge is 0.493 e. The second kappa shape index (κ2) is 15.3. The molecule has 0 radical (unpaired) electrons. The average Bonchev–Trinajstić information content (AvgIpc) is 3.77. The first kappa shape index (κ1) is 33.6. The van der Waals surface area contributed by atoms with Crippen molar-refractivity contribution in [3.8, 4) is 28.7 Å². The highest BCUT2D eigenvalue weighted by molar-refractivity contribution is 5.95. The molecular formula is C36H41N5O8. The number of carbonyl (C=O) groups excluding carboxylic acids is 2. The van der Waals surface area contributed by atoms with E-state index in [9.17, 15) is 9.59 Å². The van der Waals surface area contributed by atoms with Crippen LogP contribution in [0.1, 0.15) is 61.6 Å². The molecule has 2 aromatic heterocycles. The van der Waals surface area contributed by atoms with Crippen LogP contribution in [-0.2, 0) is 20.9 Å². The molecule has 2 aromatic carbocycles. The molecule has 0 spiro atoms. The second-order valence-electron chi connectivity index (χ2n) is 11.9. The third-order valence-electron chi connectivity index (χ3n) is 8.85. The Morgan fingerprint density at radius 1 is 0.980 bits per heavy atom. The van der Waals surface area contributed by atoms with E-state index in [-0.39, 0.29) is 13.4 Å². The summed E-state index contributed by atoms with van der Waals surface area (Å²) in [5.41, 5.74) is 4.11. The minimum Gasteiger partial charge on any atom is -0.493 e. The van der Waals surface area contributed by atoms with Crippen molar-refractivity contribution in [1.82, 2.24) is 19.5 Å². The number of aldehydes is 1. The van der Waals surface area contributed by atoms with Gasteiger partial charge in [-0.1, -0.05) is 13.3 Å². The Kier molecular flexibility index (Phi) is 10.5. The van der Waals surface area contributed by atoms with Gasteiger partial charge in [0.1, 0.15) is 18.1 Å². The standard InChI is InChI=1S/C36H41N5O8/c1-5-10-37-34-32-35(39-19-38-34)40-20-41(32)11-8-6-7-9-12-47-36(43)31-24(18-42)13-22-14-26-27(49-21-48-26)17-25(22)30(31)23-15-28(44-2)33(46-4)29(16-23)45-3/h13-20,30-31H,5-12,21H2,1-4H3,(H,37,38,39)/t30-,31-/m1/s1. The van der Waals surface area contributed by atoms with Crippen molar-refractivity contribution >= 4 is 35.3 Å². The summed E-state index contributed by atoms with van der Waals surface area (Å²) in [4.78, 5) is 39.6. The SMILES string of the molecule is CCCNc1ncnc2ncn(CCCCCCOC(=O)[C@@H]3C(C=O)=Cc4cc5c(cc4[C@H]3c3cc(OC)c(OC)c(OC)c3)OCO5)c12. The van der Waals surface area contributed by atoms with Crippen LogP contribution in [0.5, 0.6) is 28.7 Å². The van der Waals surface area contributed by atoms with Gasteiger partial charge >= 0.3 is 5.97 Å². The summed E-state index contributed by atoms with van der Waals surface area (Å²) in [6.45, 7) is 4.02. The number of nitrogens with one attached hydrogen (secondary N) is 1. The highest BCUT2D eigenvalue weighted by Gasteiger charge is 2.41. The number of hydrogen-bond donors (Lipinski definition) is 1. The molecule has 0 fully saturated rings. The monoisotopic (exact) mass is 671 g/mol. The van der Waals surface area contributed by atoms with Crippen LogP contribution in [0, 0.1) is 5.92 Å². The third kappa shape index (κ3) is 6.83. The average molecular weight is 672 g/mol. The molecule has 0 saturated carbocycles. The topological polar surface area (TPSA) is 145 Å². The van der Waals surface area contributed by atoms with E-state index in [2.05, 4.69) is 31.8 Å². The Morgan fingerprint density at radius 2 is 1.73 bits per heavy atom. The molecule has 258 valence electrons. The molecule has 13 heteroatoms.